The molecule has 2 saturated heterocycles. The van der Waals surface area contributed by atoms with Crippen molar-refractivity contribution in [1.82, 2.24) is 25.4 Å². The number of aromatic nitrogens is 1. The van der Waals surface area contributed by atoms with Crippen molar-refractivity contribution in [3.63, 3.8) is 0 Å². The zero-order valence-electron chi connectivity index (χ0n) is 33.7. The molecule has 3 heterocycles. The molecule has 0 radical (unpaired) electrons. The molecule has 5 rings (SSSR count). The van der Waals surface area contributed by atoms with Crippen molar-refractivity contribution >= 4 is 58.6 Å². The van der Waals surface area contributed by atoms with Gasteiger partial charge in [-0.3, -0.25) is 24.2 Å². The fourth-order valence-electron chi connectivity index (χ4n) is 7.22. The van der Waals surface area contributed by atoms with Crippen LogP contribution in [0.4, 0.5) is 32.3 Å². The zero-order chi connectivity index (χ0) is 42.3. The summed E-state index contributed by atoms with van der Waals surface area (Å²) in [6.07, 6.45) is 2.47. The summed E-state index contributed by atoms with van der Waals surface area (Å²) in [5.41, 5.74) is 17.1. The Labute approximate surface area is 337 Å². The number of amides is 6. The quantitative estimate of drug-likeness (QED) is 0.142. The van der Waals surface area contributed by atoms with Crippen molar-refractivity contribution in [3.05, 3.63) is 54.7 Å². The zero-order valence-corrected chi connectivity index (χ0v) is 33.7. The van der Waals surface area contributed by atoms with E-state index in [1.54, 1.807) is 50.4 Å². The summed E-state index contributed by atoms with van der Waals surface area (Å²) in [5.74, 6) is -1.90. The van der Waals surface area contributed by atoms with Crippen molar-refractivity contribution in [2.24, 2.45) is 11.8 Å². The Hall–Kier alpha value is -6.39. The number of alkyl carbamates (subject to hydrolysis) is 2. The molecule has 6 amide bonds. The van der Waals surface area contributed by atoms with E-state index in [1.165, 1.54) is 24.0 Å². The number of methoxy groups -OCH3 is 2. The summed E-state index contributed by atoms with van der Waals surface area (Å²) in [7, 11) is 2.45. The molecule has 2 fully saturated rings. The molecule has 4 unspecified atom stereocenters. The molecule has 2 aromatic carbocycles. The van der Waals surface area contributed by atoms with Crippen LogP contribution in [0.1, 0.15) is 53.4 Å². The Kier molecular flexibility index (Phi) is 13.8. The van der Waals surface area contributed by atoms with Crippen LogP contribution < -0.4 is 32.7 Å². The summed E-state index contributed by atoms with van der Waals surface area (Å²) in [4.78, 5) is 85.0. The van der Waals surface area contributed by atoms with Crippen molar-refractivity contribution < 1.29 is 38.2 Å². The molecule has 17 nitrogen and oxygen atoms in total. The molecule has 1 aromatic heterocycles. The number of nitrogens with zero attached hydrogens (tertiary/aromatic N) is 3. The lowest BCUT2D eigenvalue weighted by molar-refractivity contribution is -0.139. The van der Waals surface area contributed by atoms with Gasteiger partial charge in [0.1, 0.15) is 24.2 Å². The highest BCUT2D eigenvalue weighted by atomic mass is 16.5. The van der Waals surface area contributed by atoms with E-state index in [4.69, 9.17) is 11.5 Å². The summed E-state index contributed by atoms with van der Waals surface area (Å²) >= 11 is 0. The van der Waals surface area contributed by atoms with E-state index in [0.29, 0.717) is 72.8 Å². The van der Waals surface area contributed by atoms with Crippen molar-refractivity contribution in [2.75, 3.05) is 49.4 Å². The summed E-state index contributed by atoms with van der Waals surface area (Å²) in [5, 5.41) is 10.9. The first-order valence-corrected chi connectivity index (χ1v) is 19.3. The molecule has 17 heteroatoms. The van der Waals surface area contributed by atoms with E-state index in [0.717, 1.165) is 11.1 Å². The van der Waals surface area contributed by atoms with E-state index in [1.807, 2.05) is 32.0 Å². The Bertz CT molecular complexity index is 1880. The van der Waals surface area contributed by atoms with Crippen LogP contribution in [0.2, 0.25) is 0 Å². The van der Waals surface area contributed by atoms with Gasteiger partial charge >= 0.3 is 12.2 Å². The molecule has 0 spiro atoms. The Morgan fingerprint density at radius 1 is 0.655 bits per heavy atom. The van der Waals surface area contributed by atoms with Crippen molar-refractivity contribution in [2.45, 2.75) is 77.5 Å². The molecule has 2 aliphatic rings. The van der Waals surface area contributed by atoms with Gasteiger partial charge in [-0.05, 0) is 73.4 Å². The minimum absolute atomic E-state index is 0.223. The fraction of sp³-hybridized carbons (Fsp3) is 0.439. The number of nitrogens with one attached hydrogen (secondary N) is 4. The van der Waals surface area contributed by atoms with E-state index >= 15 is 0 Å². The number of nitrogen functional groups attached to an aromatic ring is 2. The van der Waals surface area contributed by atoms with Gasteiger partial charge in [-0.2, -0.15) is 0 Å². The van der Waals surface area contributed by atoms with Crippen LogP contribution in [0.3, 0.4) is 0 Å². The van der Waals surface area contributed by atoms with Gasteiger partial charge in [-0.15, -0.1) is 0 Å². The van der Waals surface area contributed by atoms with Gasteiger partial charge in [0.2, 0.25) is 23.6 Å². The van der Waals surface area contributed by atoms with Crippen molar-refractivity contribution in [3.8, 4) is 22.4 Å². The number of hydrogen-bond donors (Lipinski definition) is 6. The van der Waals surface area contributed by atoms with Gasteiger partial charge < -0.3 is 52.0 Å². The maximum atomic E-state index is 13.4. The number of rotatable bonds is 12. The van der Waals surface area contributed by atoms with Gasteiger partial charge in [-0.25, -0.2) is 9.59 Å². The minimum Gasteiger partial charge on any atom is -0.453 e. The highest BCUT2D eigenvalue weighted by Gasteiger charge is 2.40. The van der Waals surface area contributed by atoms with E-state index in [2.05, 4.69) is 35.7 Å². The SMILES string of the molecule is COC(=O)NC(C(=O)N1CCCC1C(=O)Nc1ccc(-c2ccc(-c3ccc(NC(=O)C4CCCN4C(=O)C(NC(=O)OC)C(C)C)c(N)c3)nc2)cc1N)C(C)C. The first-order chi connectivity index (χ1) is 27.6. The lowest BCUT2D eigenvalue weighted by Gasteiger charge is -2.30. The first-order valence-electron chi connectivity index (χ1n) is 19.3. The predicted octanol–water partition coefficient (Wildman–Crippen LogP) is 4.20. The number of hydrogen-bond acceptors (Lipinski definition) is 11. The van der Waals surface area contributed by atoms with Gasteiger partial charge in [-0.1, -0.05) is 45.9 Å². The topological polar surface area (TPSA) is 240 Å². The molecule has 58 heavy (non-hydrogen) atoms. The number of likely N-dealkylation sites (tertiary alicyclic amines) is 2. The van der Waals surface area contributed by atoms with Gasteiger partial charge in [0.25, 0.3) is 0 Å². The number of pyridine rings is 1. The number of ether oxygens (including phenoxy) is 2. The maximum absolute atomic E-state index is 13.4. The third-order valence-electron chi connectivity index (χ3n) is 10.5. The van der Waals surface area contributed by atoms with Crippen LogP contribution in [0.25, 0.3) is 22.4 Å². The molecule has 0 aliphatic carbocycles. The Morgan fingerprint density at radius 3 is 1.48 bits per heavy atom. The van der Waals surface area contributed by atoms with Crippen LogP contribution in [0.15, 0.2) is 54.7 Å². The van der Waals surface area contributed by atoms with Gasteiger partial charge in [0.05, 0.1) is 42.7 Å². The summed E-state index contributed by atoms with van der Waals surface area (Å²) in [6.45, 7) is 8.00. The second kappa shape index (κ2) is 18.7. The second-order valence-electron chi connectivity index (χ2n) is 15.1. The molecule has 0 bridgehead atoms. The van der Waals surface area contributed by atoms with Crippen LogP contribution in [-0.2, 0) is 28.7 Å². The summed E-state index contributed by atoms with van der Waals surface area (Å²) < 4.78 is 9.37. The highest BCUT2D eigenvalue weighted by Crippen LogP contribution is 2.32. The minimum atomic E-state index is -0.842. The largest absolute Gasteiger partial charge is 0.453 e. The molecule has 3 aromatic rings. The average Bonchev–Trinajstić information content (AvgIpc) is 3.91. The third kappa shape index (κ3) is 9.76. The van der Waals surface area contributed by atoms with Gasteiger partial charge in [0.15, 0.2) is 0 Å². The third-order valence-corrected chi connectivity index (χ3v) is 10.5. The van der Waals surface area contributed by atoms with E-state index in [-0.39, 0.29) is 35.5 Å². The van der Waals surface area contributed by atoms with Crippen LogP contribution in [-0.4, -0.2) is 102 Å². The molecule has 8 N–H and O–H groups in total. The number of anilines is 4. The van der Waals surface area contributed by atoms with Crippen LogP contribution in [0.5, 0.6) is 0 Å². The molecular weight excluding hydrogens is 747 g/mol. The van der Waals surface area contributed by atoms with Crippen LogP contribution in [0, 0.1) is 11.8 Å². The normalized spacial score (nSPS) is 17.4. The molecule has 310 valence electrons. The molecule has 4 atom stereocenters. The first kappa shape index (κ1) is 42.7. The lowest BCUT2D eigenvalue weighted by atomic mass is 10.0. The molecule has 2 aliphatic heterocycles. The Balaban J connectivity index is 1.21. The molecule has 0 saturated carbocycles. The average molecular weight is 800 g/mol. The fourth-order valence-corrected chi connectivity index (χ4v) is 7.22. The summed E-state index contributed by atoms with van der Waals surface area (Å²) in [6, 6.07) is 11.0. The highest BCUT2D eigenvalue weighted by molar-refractivity contribution is 6.02. The second-order valence-corrected chi connectivity index (χ2v) is 15.1. The number of nitrogens with two attached hydrogens (primary N) is 2. The predicted molar refractivity (Wildman–Crippen MR) is 219 cm³/mol. The van der Waals surface area contributed by atoms with E-state index in [9.17, 15) is 28.8 Å². The maximum Gasteiger partial charge on any atom is 0.407 e. The lowest BCUT2D eigenvalue weighted by Crippen LogP contribution is -2.54. The standard InChI is InChI=1S/C41H53N9O8/c1-22(2)34(47-40(55)57-5)38(53)49-17-7-9-32(49)36(51)45-30-15-11-24(19-27(30)42)26-13-14-29(44-21-26)25-12-16-31(28(43)20-25)46-37(52)33-10-8-18-50(33)39(54)35(23(3)4)48-41(56)58-6/h11-16,19-23,32-35H,7-10,17-18,42-43H2,1-6H3,(H,45,51)(H,46,52)(H,47,55)(H,48,56). The number of benzene rings is 2. The number of carbonyl (C=O) groups excluding carboxylic acids is 6. The molecular formula is C41H53N9O8. The smallest absolute Gasteiger partial charge is 0.407 e. The van der Waals surface area contributed by atoms with Gasteiger partial charge in [0, 0.05) is 30.4 Å². The Morgan fingerprint density at radius 2 is 1.09 bits per heavy atom. The van der Waals surface area contributed by atoms with Crippen LogP contribution >= 0.6 is 0 Å². The monoisotopic (exact) mass is 799 g/mol. The number of carbonyl (C=O) groups is 6. The van der Waals surface area contributed by atoms with Crippen molar-refractivity contribution in [1.29, 1.82) is 0 Å². The van der Waals surface area contributed by atoms with E-state index < -0.39 is 36.4 Å².